The quantitative estimate of drug-likeness (QED) is 0.608. The van der Waals surface area contributed by atoms with Gasteiger partial charge in [-0.3, -0.25) is 4.79 Å². The van der Waals surface area contributed by atoms with Crippen LogP contribution in [0.1, 0.15) is 27.7 Å². The summed E-state index contributed by atoms with van der Waals surface area (Å²) in [6.07, 6.45) is 0. The summed E-state index contributed by atoms with van der Waals surface area (Å²) in [7, 11) is 0. The van der Waals surface area contributed by atoms with Gasteiger partial charge < -0.3 is 10.6 Å². The molecule has 0 aromatic carbocycles. The lowest BCUT2D eigenvalue weighted by atomic mass is 9.98. The van der Waals surface area contributed by atoms with Crippen LogP contribution in [0, 0.1) is 11.8 Å². The predicted molar refractivity (Wildman–Crippen MR) is 55.6 cm³/mol. The molecule has 0 fully saturated rings. The van der Waals surface area contributed by atoms with E-state index in [0.717, 1.165) is 19.6 Å². The third-order valence-corrected chi connectivity index (χ3v) is 2.28. The van der Waals surface area contributed by atoms with Crippen molar-refractivity contribution in [1.82, 2.24) is 10.6 Å². The summed E-state index contributed by atoms with van der Waals surface area (Å²) in [5.41, 5.74) is 0. The highest BCUT2D eigenvalue weighted by molar-refractivity contribution is 5.72. The van der Waals surface area contributed by atoms with E-state index < -0.39 is 0 Å². The highest BCUT2D eigenvalue weighted by Gasteiger charge is 2.05. The monoisotopic (exact) mass is 186 g/mol. The molecule has 0 radical (unpaired) electrons. The minimum absolute atomic E-state index is 0.0405. The van der Waals surface area contributed by atoms with Crippen molar-refractivity contribution in [2.45, 2.75) is 27.7 Å². The van der Waals surface area contributed by atoms with Gasteiger partial charge in [0.1, 0.15) is 0 Å². The minimum atomic E-state index is 0.0405. The van der Waals surface area contributed by atoms with Crippen molar-refractivity contribution < 1.29 is 4.79 Å². The summed E-state index contributed by atoms with van der Waals surface area (Å²) in [5, 5.41) is 6.05. The van der Waals surface area contributed by atoms with Crippen LogP contribution in [-0.4, -0.2) is 25.5 Å². The van der Waals surface area contributed by atoms with E-state index >= 15 is 0 Å². The summed E-state index contributed by atoms with van der Waals surface area (Å²) in [6.45, 7) is 10.8. The molecule has 0 rings (SSSR count). The van der Waals surface area contributed by atoms with E-state index in [-0.39, 0.29) is 5.91 Å². The van der Waals surface area contributed by atoms with Gasteiger partial charge in [-0.15, -0.1) is 0 Å². The molecule has 1 amide bonds. The Labute approximate surface area is 81.3 Å². The Morgan fingerprint density at radius 3 is 2.31 bits per heavy atom. The summed E-state index contributed by atoms with van der Waals surface area (Å²) >= 11 is 0. The maximum absolute atomic E-state index is 10.5. The van der Waals surface area contributed by atoms with Gasteiger partial charge in [-0.2, -0.15) is 0 Å². The van der Waals surface area contributed by atoms with Crippen LogP contribution < -0.4 is 10.6 Å². The van der Waals surface area contributed by atoms with Crippen molar-refractivity contribution in [3.05, 3.63) is 0 Å². The smallest absolute Gasteiger partial charge is 0.216 e. The molecular formula is C10H22N2O. The van der Waals surface area contributed by atoms with Crippen LogP contribution in [0.25, 0.3) is 0 Å². The van der Waals surface area contributed by atoms with Crippen LogP contribution in [0.5, 0.6) is 0 Å². The average Bonchev–Trinajstić information content (AvgIpc) is 2.02. The van der Waals surface area contributed by atoms with Crippen molar-refractivity contribution in [2.75, 3.05) is 19.6 Å². The number of rotatable bonds is 6. The SMILES string of the molecule is CC(=O)NCCNCC(C)C(C)C. The number of amides is 1. The lowest BCUT2D eigenvalue weighted by Gasteiger charge is -2.15. The van der Waals surface area contributed by atoms with Gasteiger partial charge in [-0.05, 0) is 18.4 Å². The molecule has 0 aromatic heterocycles. The van der Waals surface area contributed by atoms with Gasteiger partial charge in [0.2, 0.25) is 5.91 Å². The second kappa shape index (κ2) is 6.89. The van der Waals surface area contributed by atoms with E-state index in [1.807, 2.05) is 0 Å². The first-order chi connectivity index (χ1) is 6.04. The normalized spacial score (nSPS) is 13.0. The van der Waals surface area contributed by atoms with E-state index in [9.17, 15) is 4.79 Å². The van der Waals surface area contributed by atoms with Crippen molar-refractivity contribution >= 4 is 5.91 Å². The molecule has 0 heterocycles. The zero-order valence-electron chi connectivity index (χ0n) is 9.18. The Morgan fingerprint density at radius 1 is 1.23 bits per heavy atom. The molecule has 2 N–H and O–H groups in total. The number of nitrogens with one attached hydrogen (secondary N) is 2. The van der Waals surface area contributed by atoms with Crippen molar-refractivity contribution in [3.63, 3.8) is 0 Å². The van der Waals surface area contributed by atoms with E-state index in [1.54, 1.807) is 0 Å². The fourth-order valence-electron chi connectivity index (χ4n) is 0.892. The van der Waals surface area contributed by atoms with E-state index in [2.05, 4.69) is 31.4 Å². The molecule has 0 aromatic rings. The molecule has 0 aliphatic carbocycles. The minimum Gasteiger partial charge on any atom is -0.355 e. The Hall–Kier alpha value is -0.570. The molecule has 0 bridgehead atoms. The van der Waals surface area contributed by atoms with Crippen LogP contribution in [0.4, 0.5) is 0 Å². The second-order valence-corrected chi connectivity index (χ2v) is 3.91. The van der Waals surface area contributed by atoms with E-state index in [4.69, 9.17) is 0 Å². The van der Waals surface area contributed by atoms with Crippen LogP contribution in [-0.2, 0) is 4.79 Å². The molecule has 0 spiro atoms. The van der Waals surface area contributed by atoms with Crippen molar-refractivity contribution in [1.29, 1.82) is 0 Å². The van der Waals surface area contributed by atoms with Crippen LogP contribution >= 0.6 is 0 Å². The number of carbonyl (C=O) groups excluding carboxylic acids is 1. The van der Waals surface area contributed by atoms with Gasteiger partial charge in [-0.1, -0.05) is 20.8 Å². The molecule has 1 atom stereocenters. The van der Waals surface area contributed by atoms with Crippen LogP contribution in [0.15, 0.2) is 0 Å². The molecule has 0 aliphatic heterocycles. The first-order valence-corrected chi connectivity index (χ1v) is 4.99. The van der Waals surface area contributed by atoms with Gasteiger partial charge in [0.15, 0.2) is 0 Å². The molecule has 3 nitrogen and oxygen atoms in total. The van der Waals surface area contributed by atoms with Crippen molar-refractivity contribution in [2.24, 2.45) is 11.8 Å². The topological polar surface area (TPSA) is 41.1 Å². The molecule has 0 saturated carbocycles. The highest BCUT2D eigenvalue weighted by atomic mass is 16.1. The Balaban J connectivity index is 3.21. The number of hydrogen-bond acceptors (Lipinski definition) is 2. The summed E-state index contributed by atoms with van der Waals surface area (Å²) in [5.74, 6) is 1.45. The van der Waals surface area contributed by atoms with Gasteiger partial charge in [0.05, 0.1) is 0 Å². The lowest BCUT2D eigenvalue weighted by Crippen LogP contribution is -2.33. The maximum Gasteiger partial charge on any atom is 0.216 e. The van der Waals surface area contributed by atoms with Gasteiger partial charge in [0.25, 0.3) is 0 Å². The molecule has 3 heteroatoms. The Morgan fingerprint density at radius 2 is 1.85 bits per heavy atom. The Kier molecular flexibility index (Phi) is 6.59. The standard InChI is InChI=1S/C10H22N2O/c1-8(2)9(3)7-11-5-6-12-10(4)13/h8-9,11H,5-7H2,1-4H3,(H,12,13). The first kappa shape index (κ1) is 12.4. The predicted octanol–water partition coefficient (Wildman–Crippen LogP) is 1.00. The number of hydrogen-bond donors (Lipinski definition) is 2. The van der Waals surface area contributed by atoms with E-state index in [0.29, 0.717) is 11.8 Å². The highest BCUT2D eigenvalue weighted by Crippen LogP contribution is 2.06. The van der Waals surface area contributed by atoms with Crippen LogP contribution in [0.3, 0.4) is 0 Å². The molecular weight excluding hydrogens is 164 g/mol. The van der Waals surface area contributed by atoms with Crippen molar-refractivity contribution in [3.8, 4) is 0 Å². The molecule has 1 unspecified atom stereocenters. The second-order valence-electron chi connectivity index (χ2n) is 3.91. The van der Waals surface area contributed by atoms with Gasteiger partial charge in [0, 0.05) is 20.0 Å². The van der Waals surface area contributed by atoms with Gasteiger partial charge in [-0.25, -0.2) is 0 Å². The largest absolute Gasteiger partial charge is 0.355 e. The summed E-state index contributed by atoms with van der Waals surface area (Å²) in [6, 6.07) is 0. The van der Waals surface area contributed by atoms with E-state index in [1.165, 1.54) is 6.92 Å². The molecule has 0 saturated heterocycles. The molecule has 0 aliphatic rings. The fraction of sp³-hybridized carbons (Fsp3) is 0.900. The first-order valence-electron chi connectivity index (χ1n) is 4.99. The zero-order valence-corrected chi connectivity index (χ0v) is 9.18. The lowest BCUT2D eigenvalue weighted by molar-refractivity contribution is -0.118. The third-order valence-electron chi connectivity index (χ3n) is 2.28. The summed E-state index contributed by atoms with van der Waals surface area (Å²) < 4.78 is 0. The summed E-state index contributed by atoms with van der Waals surface area (Å²) in [4.78, 5) is 10.5. The zero-order chi connectivity index (χ0) is 10.3. The molecule has 13 heavy (non-hydrogen) atoms. The third kappa shape index (κ3) is 7.78. The maximum atomic E-state index is 10.5. The van der Waals surface area contributed by atoms with Gasteiger partial charge >= 0.3 is 0 Å². The number of carbonyl (C=O) groups is 1. The molecule has 78 valence electrons. The Bertz CT molecular complexity index is 146. The van der Waals surface area contributed by atoms with Crippen LogP contribution in [0.2, 0.25) is 0 Å². The average molecular weight is 186 g/mol. The fourth-order valence-corrected chi connectivity index (χ4v) is 0.892.